The van der Waals surface area contributed by atoms with Gasteiger partial charge in [-0.05, 0) is 55.6 Å². The number of carbonyl (C=O) groups excluding carboxylic acids is 1. The highest BCUT2D eigenvalue weighted by Crippen LogP contribution is 2.29. The fourth-order valence-corrected chi connectivity index (χ4v) is 6.53. The first-order chi connectivity index (χ1) is 11.9. The van der Waals surface area contributed by atoms with Gasteiger partial charge in [0.1, 0.15) is 0 Å². The van der Waals surface area contributed by atoms with Gasteiger partial charge in [0.2, 0.25) is 5.91 Å². The van der Waals surface area contributed by atoms with Crippen LogP contribution in [0.15, 0.2) is 17.5 Å². The van der Waals surface area contributed by atoms with Gasteiger partial charge in [-0.25, -0.2) is 8.42 Å². The molecule has 1 aromatic heterocycles. The first kappa shape index (κ1) is 18.9. The number of thiophene rings is 1. The summed E-state index contributed by atoms with van der Waals surface area (Å²) in [6, 6.07) is 4.43. The zero-order chi connectivity index (χ0) is 17.9. The van der Waals surface area contributed by atoms with E-state index in [4.69, 9.17) is 0 Å². The summed E-state index contributed by atoms with van der Waals surface area (Å²) in [4.78, 5) is 16.1. The molecular formula is C18H28N2O3S2. The first-order valence-electron chi connectivity index (χ1n) is 9.17. The van der Waals surface area contributed by atoms with Gasteiger partial charge < -0.3 is 5.32 Å². The van der Waals surface area contributed by atoms with E-state index in [2.05, 4.69) is 34.7 Å². The molecule has 5 nitrogen and oxygen atoms in total. The molecule has 2 unspecified atom stereocenters. The van der Waals surface area contributed by atoms with Crippen molar-refractivity contribution in [2.75, 3.05) is 31.1 Å². The van der Waals surface area contributed by atoms with Crippen LogP contribution in [-0.4, -0.2) is 50.4 Å². The molecule has 0 radical (unpaired) electrons. The molecule has 2 fully saturated rings. The molecule has 1 aromatic rings. The fourth-order valence-electron chi connectivity index (χ4n) is 3.81. The predicted molar refractivity (Wildman–Crippen MR) is 101 cm³/mol. The summed E-state index contributed by atoms with van der Waals surface area (Å²) >= 11 is 1.74. The highest BCUT2D eigenvalue weighted by Gasteiger charge is 2.30. The van der Waals surface area contributed by atoms with Crippen molar-refractivity contribution in [1.29, 1.82) is 0 Å². The van der Waals surface area contributed by atoms with Crippen molar-refractivity contribution in [2.24, 2.45) is 11.8 Å². The van der Waals surface area contributed by atoms with Crippen LogP contribution in [0.25, 0.3) is 0 Å². The highest BCUT2D eigenvalue weighted by molar-refractivity contribution is 7.91. The van der Waals surface area contributed by atoms with Crippen LogP contribution < -0.4 is 5.32 Å². The fraction of sp³-hybridized carbons (Fsp3) is 0.722. The Bertz CT molecular complexity index is 665. The molecule has 140 valence electrons. The molecule has 2 aliphatic rings. The minimum atomic E-state index is -2.92. The third-order valence-electron chi connectivity index (χ3n) is 5.42. The Morgan fingerprint density at radius 3 is 2.72 bits per heavy atom. The van der Waals surface area contributed by atoms with Gasteiger partial charge in [-0.2, -0.15) is 0 Å². The van der Waals surface area contributed by atoms with E-state index in [0.717, 1.165) is 19.0 Å². The number of amides is 1. The second-order valence-electron chi connectivity index (χ2n) is 7.53. The van der Waals surface area contributed by atoms with Crippen LogP contribution in [0.5, 0.6) is 0 Å². The maximum atomic E-state index is 12.3. The van der Waals surface area contributed by atoms with Crippen molar-refractivity contribution in [3.63, 3.8) is 0 Å². The van der Waals surface area contributed by atoms with Crippen molar-refractivity contribution in [3.05, 3.63) is 22.4 Å². The smallest absolute Gasteiger partial charge is 0.220 e. The normalized spacial score (nSPS) is 25.7. The number of hydrogen-bond acceptors (Lipinski definition) is 5. The number of rotatable bonds is 6. The van der Waals surface area contributed by atoms with E-state index in [9.17, 15) is 13.2 Å². The summed E-state index contributed by atoms with van der Waals surface area (Å²) in [5, 5.41) is 5.15. The molecule has 1 N–H and O–H groups in total. The van der Waals surface area contributed by atoms with E-state index in [1.807, 2.05) is 0 Å². The van der Waals surface area contributed by atoms with E-state index in [0.29, 0.717) is 19.4 Å². The number of sulfone groups is 1. The summed E-state index contributed by atoms with van der Waals surface area (Å²) in [5.74, 6) is 1.14. The number of carbonyl (C=O) groups is 1. The molecule has 2 aliphatic heterocycles. The lowest BCUT2D eigenvalue weighted by molar-refractivity contribution is -0.122. The lowest BCUT2D eigenvalue weighted by Crippen LogP contribution is -2.41. The molecule has 0 saturated carbocycles. The van der Waals surface area contributed by atoms with Crippen LogP contribution in [0, 0.1) is 11.8 Å². The molecule has 0 aromatic carbocycles. The standard InChI is InChI=1S/C18H28N2O3S2/c1-14-4-7-20(8-5-14)16(17-3-2-9-24-17)12-19-18(21)11-15-6-10-25(22,23)13-15/h2-3,9,14-16H,4-8,10-13H2,1H3,(H,19,21). The molecule has 0 aliphatic carbocycles. The van der Waals surface area contributed by atoms with E-state index in [1.54, 1.807) is 11.3 Å². The third-order valence-corrected chi connectivity index (χ3v) is 8.23. The largest absolute Gasteiger partial charge is 0.354 e. The Balaban J connectivity index is 1.54. The van der Waals surface area contributed by atoms with Gasteiger partial charge >= 0.3 is 0 Å². The Labute approximate surface area is 154 Å². The number of nitrogens with one attached hydrogen (secondary N) is 1. The van der Waals surface area contributed by atoms with E-state index >= 15 is 0 Å². The molecule has 3 rings (SSSR count). The lowest BCUT2D eigenvalue weighted by atomic mass is 9.97. The van der Waals surface area contributed by atoms with Crippen LogP contribution >= 0.6 is 11.3 Å². The van der Waals surface area contributed by atoms with Crippen LogP contribution in [0.2, 0.25) is 0 Å². The van der Waals surface area contributed by atoms with Gasteiger partial charge in [0, 0.05) is 17.8 Å². The SMILES string of the molecule is CC1CCN(C(CNC(=O)CC2CCS(=O)(=O)C2)c2cccs2)CC1. The monoisotopic (exact) mass is 384 g/mol. The van der Waals surface area contributed by atoms with Crippen LogP contribution in [0.3, 0.4) is 0 Å². The topological polar surface area (TPSA) is 66.5 Å². The number of piperidine rings is 1. The summed E-state index contributed by atoms with van der Waals surface area (Å²) in [5.41, 5.74) is 0. The second-order valence-corrected chi connectivity index (χ2v) is 10.7. The number of hydrogen-bond donors (Lipinski definition) is 1. The van der Waals surface area contributed by atoms with Gasteiger partial charge in [0.25, 0.3) is 0 Å². The van der Waals surface area contributed by atoms with Gasteiger partial charge in [-0.3, -0.25) is 9.69 Å². The summed E-state index contributed by atoms with van der Waals surface area (Å²) in [6.45, 7) is 5.04. The zero-order valence-corrected chi connectivity index (χ0v) is 16.4. The molecule has 3 heterocycles. The molecular weight excluding hydrogens is 356 g/mol. The first-order valence-corrected chi connectivity index (χ1v) is 11.9. The molecule has 7 heteroatoms. The Morgan fingerprint density at radius 2 is 2.12 bits per heavy atom. The van der Waals surface area contributed by atoms with Crippen LogP contribution in [0.1, 0.15) is 43.5 Å². The average molecular weight is 385 g/mol. The van der Waals surface area contributed by atoms with Crippen LogP contribution in [-0.2, 0) is 14.6 Å². The maximum Gasteiger partial charge on any atom is 0.220 e. The van der Waals surface area contributed by atoms with Crippen molar-refractivity contribution >= 4 is 27.1 Å². The Morgan fingerprint density at radius 1 is 1.36 bits per heavy atom. The van der Waals surface area contributed by atoms with Crippen molar-refractivity contribution < 1.29 is 13.2 Å². The maximum absolute atomic E-state index is 12.3. The average Bonchev–Trinajstić information content (AvgIpc) is 3.19. The molecule has 25 heavy (non-hydrogen) atoms. The molecule has 0 bridgehead atoms. The van der Waals surface area contributed by atoms with E-state index in [-0.39, 0.29) is 29.4 Å². The summed E-state index contributed by atoms with van der Waals surface area (Å²) < 4.78 is 23.1. The third kappa shape index (κ3) is 5.28. The van der Waals surface area contributed by atoms with E-state index < -0.39 is 9.84 Å². The highest BCUT2D eigenvalue weighted by atomic mass is 32.2. The second kappa shape index (κ2) is 8.18. The summed E-state index contributed by atoms with van der Waals surface area (Å²) in [7, 11) is -2.92. The number of likely N-dealkylation sites (tertiary alicyclic amines) is 1. The van der Waals surface area contributed by atoms with Gasteiger partial charge in [-0.15, -0.1) is 11.3 Å². The van der Waals surface area contributed by atoms with Gasteiger partial charge in [-0.1, -0.05) is 13.0 Å². The molecule has 2 atom stereocenters. The molecule has 1 amide bonds. The minimum Gasteiger partial charge on any atom is -0.354 e. The molecule has 2 saturated heterocycles. The van der Waals surface area contributed by atoms with E-state index in [1.165, 1.54) is 17.7 Å². The van der Waals surface area contributed by atoms with Crippen LogP contribution in [0.4, 0.5) is 0 Å². The quantitative estimate of drug-likeness (QED) is 0.818. The van der Waals surface area contributed by atoms with Gasteiger partial charge in [0.15, 0.2) is 9.84 Å². The predicted octanol–water partition coefficient (Wildman–Crippen LogP) is 2.46. The minimum absolute atomic E-state index is 0.0129. The van der Waals surface area contributed by atoms with Crippen molar-refractivity contribution in [3.8, 4) is 0 Å². The molecule has 0 spiro atoms. The van der Waals surface area contributed by atoms with Crippen molar-refractivity contribution in [2.45, 2.75) is 38.6 Å². The van der Waals surface area contributed by atoms with Gasteiger partial charge in [0.05, 0.1) is 17.5 Å². The number of nitrogens with zero attached hydrogens (tertiary/aromatic N) is 1. The lowest BCUT2D eigenvalue weighted by Gasteiger charge is -2.36. The van der Waals surface area contributed by atoms with Crippen molar-refractivity contribution in [1.82, 2.24) is 10.2 Å². The Kier molecular flexibility index (Phi) is 6.17. The summed E-state index contributed by atoms with van der Waals surface area (Å²) in [6.07, 6.45) is 3.35. The Hall–Kier alpha value is -0.920. The zero-order valence-electron chi connectivity index (χ0n) is 14.8.